The molecule has 27 heavy (non-hydrogen) atoms. The first-order valence-electron chi connectivity index (χ1n) is 7.88. The van der Waals surface area contributed by atoms with Crippen molar-refractivity contribution in [3.8, 4) is 5.75 Å². The molecule has 8 heteroatoms. The SMILES string of the molecule is COc1c2occc2c(N=Cc2ccc([N+](=O)[O-])cc2)c2ccc(=O)oc12. The van der Waals surface area contributed by atoms with E-state index in [-0.39, 0.29) is 11.3 Å². The van der Waals surface area contributed by atoms with Crippen LogP contribution >= 0.6 is 0 Å². The smallest absolute Gasteiger partial charge is 0.336 e. The van der Waals surface area contributed by atoms with Crippen LogP contribution in [-0.2, 0) is 0 Å². The van der Waals surface area contributed by atoms with Crippen molar-refractivity contribution >= 4 is 39.5 Å². The fourth-order valence-electron chi connectivity index (χ4n) is 2.84. The van der Waals surface area contributed by atoms with Crippen molar-refractivity contribution in [3.05, 3.63) is 74.8 Å². The number of fused-ring (bicyclic) bond motifs is 2. The zero-order valence-electron chi connectivity index (χ0n) is 14.0. The van der Waals surface area contributed by atoms with Crippen molar-refractivity contribution < 1.29 is 18.5 Å². The van der Waals surface area contributed by atoms with Crippen molar-refractivity contribution in [2.45, 2.75) is 0 Å². The van der Waals surface area contributed by atoms with Gasteiger partial charge in [-0.2, -0.15) is 0 Å². The van der Waals surface area contributed by atoms with Crippen LogP contribution in [0.5, 0.6) is 5.75 Å². The monoisotopic (exact) mass is 364 g/mol. The molecule has 2 aromatic heterocycles. The standard InChI is InChI=1S/C19H12N2O6/c1-25-19-17-14(8-9-26-17)16(13-6-7-15(22)27-18(13)19)20-10-11-2-4-12(5-3-11)21(23)24/h2-10H,1H3. The minimum atomic E-state index is -0.517. The van der Waals surface area contributed by atoms with Gasteiger partial charge in [0, 0.05) is 29.8 Å². The number of hydrogen-bond acceptors (Lipinski definition) is 7. The first-order chi connectivity index (χ1) is 13.1. The summed E-state index contributed by atoms with van der Waals surface area (Å²) >= 11 is 0. The van der Waals surface area contributed by atoms with Crippen LogP contribution in [0.3, 0.4) is 0 Å². The first-order valence-corrected chi connectivity index (χ1v) is 7.88. The number of rotatable bonds is 4. The fraction of sp³-hybridized carbons (Fsp3) is 0.0526. The average Bonchev–Trinajstić information content (AvgIpc) is 3.14. The second-order valence-corrected chi connectivity index (χ2v) is 5.65. The van der Waals surface area contributed by atoms with E-state index in [0.29, 0.717) is 33.4 Å². The van der Waals surface area contributed by atoms with Crippen LogP contribution < -0.4 is 10.4 Å². The Morgan fingerprint density at radius 2 is 1.81 bits per heavy atom. The summed E-state index contributed by atoms with van der Waals surface area (Å²) in [4.78, 5) is 26.5. The summed E-state index contributed by atoms with van der Waals surface area (Å²) in [5.74, 6) is 0.317. The maximum Gasteiger partial charge on any atom is 0.336 e. The van der Waals surface area contributed by atoms with Crippen LogP contribution in [0.15, 0.2) is 67.3 Å². The summed E-state index contributed by atoms with van der Waals surface area (Å²) < 4.78 is 16.2. The molecule has 0 saturated carbocycles. The van der Waals surface area contributed by atoms with E-state index in [0.717, 1.165) is 0 Å². The molecule has 2 heterocycles. The van der Waals surface area contributed by atoms with E-state index in [2.05, 4.69) is 4.99 Å². The Kier molecular flexibility index (Phi) is 3.92. The molecular weight excluding hydrogens is 352 g/mol. The lowest BCUT2D eigenvalue weighted by Crippen LogP contribution is -1.97. The van der Waals surface area contributed by atoms with Crippen molar-refractivity contribution in [2.75, 3.05) is 7.11 Å². The van der Waals surface area contributed by atoms with Gasteiger partial charge in [0.25, 0.3) is 5.69 Å². The van der Waals surface area contributed by atoms with Crippen molar-refractivity contribution in [1.29, 1.82) is 0 Å². The molecule has 134 valence electrons. The number of methoxy groups -OCH3 is 1. The summed E-state index contributed by atoms with van der Waals surface area (Å²) in [5, 5.41) is 12.0. The highest BCUT2D eigenvalue weighted by Crippen LogP contribution is 2.42. The largest absolute Gasteiger partial charge is 0.490 e. The summed E-state index contributed by atoms with van der Waals surface area (Å²) in [5.41, 5.74) is 1.35. The number of ether oxygens (including phenoxy) is 1. The molecule has 0 aliphatic carbocycles. The number of furan rings is 1. The van der Waals surface area contributed by atoms with E-state index < -0.39 is 10.5 Å². The molecule has 0 bridgehead atoms. The van der Waals surface area contributed by atoms with Gasteiger partial charge in [-0.25, -0.2) is 4.79 Å². The number of nitro benzene ring substituents is 1. The number of nitro groups is 1. The van der Waals surface area contributed by atoms with E-state index in [4.69, 9.17) is 13.6 Å². The van der Waals surface area contributed by atoms with Crippen LogP contribution in [0.25, 0.3) is 21.9 Å². The molecule has 0 fully saturated rings. The highest BCUT2D eigenvalue weighted by atomic mass is 16.6. The van der Waals surface area contributed by atoms with Crippen LogP contribution in [-0.4, -0.2) is 18.2 Å². The van der Waals surface area contributed by atoms with Gasteiger partial charge in [-0.15, -0.1) is 0 Å². The maximum absolute atomic E-state index is 11.7. The Balaban J connectivity index is 1.91. The maximum atomic E-state index is 11.7. The lowest BCUT2D eigenvalue weighted by molar-refractivity contribution is -0.384. The van der Waals surface area contributed by atoms with E-state index in [9.17, 15) is 14.9 Å². The summed E-state index contributed by atoms with van der Waals surface area (Å²) in [6.45, 7) is 0. The molecule has 0 aliphatic rings. The molecule has 4 rings (SSSR count). The number of non-ortho nitro benzene ring substituents is 1. The molecule has 2 aromatic carbocycles. The van der Waals surface area contributed by atoms with Gasteiger partial charge in [-0.05, 0) is 29.8 Å². The van der Waals surface area contributed by atoms with Gasteiger partial charge in [-0.3, -0.25) is 15.1 Å². The third kappa shape index (κ3) is 2.82. The molecule has 0 N–H and O–H groups in total. The van der Waals surface area contributed by atoms with Crippen molar-refractivity contribution in [1.82, 2.24) is 0 Å². The minimum Gasteiger partial charge on any atom is -0.490 e. The van der Waals surface area contributed by atoms with Gasteiger partial charge in [0.15, 0.2) is 11.2 Å². The quantitative estimate of drug-likeness (QED) is 0.232. The number of aliphatic imine (C=N–C) groups is 1. The third-order valence-corrected chi connectivity index (χ3v) is 4.07. The predicted molar refractivity (Wildman–Crippen MR) is 99.2 cm³/mol. The lowest BCUT2D eigenvalue weighted by atomic mass is 10.1. The Morgan fingerprint density at radius 1 is 1.07 bits per heavy atom. The molecule has 4 aromatic rings. The zero-order valence-corrected chi connectivity index (χ0v) is 14.0. The van der Waals surface area contributed by atoms with Gasteiger partial charge in [0.1, 0.15) is 0 Å². The van der Waals surface area contributed by atoms with Gasteiger partial charge in [0.2, 0.25) is 5.75 Å². The minimum absolute atomic E-state index is 0.000970. The van der Waals surface area contributed by atoms with Crippen LogP contribution in [0, 0.1) is 10.1 Å². The average molecular weight is 364 g/mol. The van der Waals surface area contributed by atoms with Gasteiger partial charge in [0.05, 0.1) is 29.4 Å². The van der Waals surface area contributed by atoms with Gasteiger partial charge < -0.3 is 13.6 Å². The highest BCUT2D eigenvalue weighted by molar-refractivity contribution is 6.12. The Bertz CT molecular complexity index is 1250. The molecule has 0 radical (unpaired) electrons. The Labute approximate surface area is 151 Å². The van der Waals surface area contributed by atoms with Gasteiger partial charge in [-0.1, -0.05) is 0 Å². The molecular formula is C19H12N2O6. The Hall–Kier alpha value is -3.94. The number of benzene rings is 2. The topological polar surface area (TPSA) is 108 Å². The normalized spacial score (nSPS) is 11.4. The molecule has 0 unspecified atom stereocenters. The van der Waals surface area contributed by atoms with E-state index in [1.54, 1.807) is 30.5 Å². The third-order valence-electron chi connectivity index (χ3n) is 4.07. The van der Waals surface area contributed by atoms with E-state index in [1.165, 1.54) is 31.6 Å². The summed E-state index contributed by atoms with van der Waals surface area (Å²) in [6, 6.07) is 10.7. The molecule has 0 spiro atoms. The lowest BCUT2D eigenvalue weighted by Gasteiger charge is -2.08. The van der Waals surface area contributed by atoms with Crippen LogP contribution in [0.2, 0.25) is 0 Å². The second-order valence-electron chi connectivity index (χ2n) is 5.65. The van der Waals surface area contributed by atoms with E-state index in [1.807, 2.05) is 0 Å². The van der Waals surface area contributed by atoms with Crippen LogP contribution in [0.1, 0.15) is 5.56 Å². The molecule has 0 amide bonds. The molecule has 0 atom stereocenters. The first kappa shape index (κ1) is 16.5. The molecule has 8 nitrogen and oxygen atoms in total. The second kappa shape index (κ2) is 6.41. The van der Waals surface area contributed by atoms with Crippen molar-refractivity contribution in [2.24, 2.45) is 4.99 Å². The highest BCUT2D eigenvalue weighted by Gasteiger charge is 2.19. The van der Waals surface area contributed by atoms with Crippen molar-refractivity contribution in [3.63, 3.8) is 0 Å². The van der Waals surface area contributed by atoms with Crippen LogP contribution in [0.4, 0.5) is 11.4 Å². The molecule has 0 aliphatic heterocycles. The zero-order chi connectivity index (χ0) is 19.0. The summed E-state index contributed by atoms with van der Waals surface area (Å²) in [6.07, 6.45) is 3.07. The van der Waals surface area contributed by atoms with E-state index >= 15 is 0 Å². The molecule has 0 saturated heterocycles. The Morgan fingerprint density at radius 3 is 2.52 bits per heavy atom. The number of nitrogens with zero attached hydrogens (tertiary/aromatic N) is 2. The summed E-state index contributed by atoms with van der Waals surface area (Å²) in [7, 11) is 1.46. The predicted octanol–water partition coefficient (Wildman–Crippen LogP) is 4.21. The fourth-order valence-corrected chi connectivity index (χ4v) is 2.84. The van der Waals surface area contributed by atoms with Gasteiger partial charge >= 0.3 is 5.63 Å². The number of hydrogen-bond donors (Lipinski definition) is 0.